The van der Waals surface area contributed by atoms with E-state index in [2.05, 4.69) is 48.3 Å². The van der Waals surface area contributed by atoms with Gasteiger partial charge in [-0.05, 0) is 54.7 Å². The van der Waals surface area contributed by atoms with E-state index in [1.807, 2.05) is 12.1 Å². The molecule has 21 heavy (non-hydrogen) atoms. The smallest absolute Gasteiger partial charge is 0.119 e. The summed E-state index contributed by atoms with van der Waals surface area (Å²) in [6, 6.07) is 17.2. The zero-order chi connectivity index (χ0) is 14.7. The lowest BCUT2D eigenvalue weighted by Gasteiger charge is -2.30. The highest BCUT2D eigenvalue weighted by Crippen LogP contribution is 2.32. The van der Waals surface area contributed by atoms with E-state index in [1.54, 1.807) is 12.7 Å². The van der Waals surface area contributed by atoms with Gasteiger partial charge >= 0.3 is 0 Å². The molecule has 2 nitrogen and oxygen atoms in total. The first-order chi connectivity index (χ1) is 10.3. The molecule has 3 rings (SSSR count). The summed E-state index contributed by atoms with van der Waals surface area (Å²) in [6.07, 6.45) is 3.83. The number of methoxy groups -OCH3 is 1. The van der Waals surface area contributed by atoms with Gasteiger partial charge in [-0.2, -0.15) is 0 Å². The molecule has 0 spiro atoms. The van der Waals surface area contributed by atoms with Gasteiger partial charge in [0.05, 0.1) is 7.11 Å². The Balaban J connectivity index is 1.74. The summed E-state index contributed by atoms with van der Waals surface area (Å²) in [5.41, 5.74) is 4.33. The van der Waals surface area contributed by atoms with E-state index in [9.17, 15) is 0 Å². The van der Waals surface area contributed by atoms with Crippen molar-refractivity contribution in [3.63, 3.8) is 0 Å². The highest BCUT2D eigenvalue weighted by molar-refractivity contribution is 5.49. The molecule has 110 valence electrons. The van der Waals surface area contributed by atoms with Crippen molar-refractivity contribution >= 4 is 5.69 Å². The molecule has 0 amide bonds. The first-order valence-corrected chi connectivity index (χ1v) is 7.71. The van der Waals surface area contributed by atoms with Crippen LogP contribution in [0.25, 0.3) is 0 Å². The quantitative estimate of drug-likeness (QED) is 0.830. The lowest BCUT2D eigenvalue weighted by Crippen LogP contribution is -2.26. The van der Waals surface area contributed by atoms with E-state index in [4.69, 9.17) is 4.74 Å². The zero-order valence-electron chi connectivity index (χ0n) is 12.9. The van der Waals surface area contributed by atoms with Gasteiger partial charge in [-0.1, -0.05) is 24.3 Å². The normalized spacial score (nSPS) is 17.1. The van der Waals surface area contributed by atoms with Crippen LogP contribution in [0.3, 0.4) is 0 Å². The van der Waals surface area contributed by atoms with Crippen LogP contribution in [-0.2, 0) is 6.42 Å². The summed E-state index contributed by atoms with van der Waals surface area (Å²) in [4.78, 5) is 2.35. The van der Waals surface area contributed by atoms with Crippen LogP contribution in [0.15, 0.2) is 48.5 Å². The number of hydrogen-bond acceptors (Lipinski definition) is 2. The van der Waals surface area contributed by atoms with Crippen molar-refractivity contribution in [1.29, 1.82) is 0 Å². The van der Waals surface area contributed by atoms with Crippen molar-refractivity contribution in [2.45, 2.75) is 25.2 Å². The maximum Gasteiger partial charge on any atom is 0.119 e. The number of likely N-dealkylation sites (N-methyl/N-ethyl adjacent to an activating group) is 1. The number of rotatable bonds is 4. The molecule has 1 atom stereocenters. The summed E-state index contributed by atoms with van der Waals surface area (Å²) in [7, 11) is 3.89. The Morgan fingerprint density at radius 2 is 1.86 bits per heavy atom. The van der Waals surface area contributed by atoms with E-state index in [-0.39, 0.29) is 0 Å². The largest absolute Gasteiger partial charge is 0.497 e. The Bertz CT molecular complexity index is 591. The Morgan fingerprint density at radius 1 is 1.10 bits per heavy atom. The summed E-state index contributed by atoms with van der Waals surface area (Å²) < 4.78 is 5.23. The summed E-state index contributed by atoms with van der Waals surface area (Å²) in [6.45, 7) is 1.07. The summed E-state index contributed by atoms with van der Waals surface area (Å²) in [5, 5.41) is 0. The lowest BCUT2D eigenvalue weighted by molar-refractivity contribution is 0.415. The molecule has 2 aromatic rings. The van der Waals surface area contributed by atoms with Crippen LogP contribution >= 0.6 is 0 Å². The Labute approximate surface area is 127 Å². The number of ether oxygens (including phenoxy) is 1. The third-order valence-corrected chi connectivity index (χ3v) is 4.50. The molecule has 0 heterocycles. The van der Waals surface area contributed by atoms with Crippen molar-refractivity contribution in [3.8, 4) is 5.75 Å². The van der Waals surface area contributed by atoms with E-state index in [0.29, 0.717) is 5.92 Å². The van der Waals surface area contributed by atoms with Gasteiger partial charge in [-0.3, -0.25) is 0 Å². The Kier molecular flexibility index (Phi) is 4.14. The monoisotopic (exact) mass is 281 g/mol. The number of fused-ring (bicyclic) bond motifs is 1. The summed E-state index contributed by atoms with van der Waals surface area (Å²) >= 11 is 0. The fourth-order valence-corrected chi connectivity index (χ4v) is 3.32. The van der Waals surface area contributed by atoms with Crippen LogP contribution in [-0.4, -0.2) is 20.7 Å². The molecule has 0 fully saturated rings. The van der Waals surface area contributed by atoms with Gasteiger partial charge < -0.3 is 9.64 Å². The van der Waals surface area contributed by atoms with Crippen LogP contribution in [0.2, 0.25) is 0 Å². The van der Waals surface area contributed by atoms with Crippen LogP contribution in [0.4, 0.5) is 5.69 Å². The third kappa shape index (κ3) is 3.05. The van der Waals surface area contributed by atoms with Crippen molar-refractivity contribution in [3.05, 3.63) is 59.7 Å². The first kappa shape index (κ1) is 14.0. The summed E-state index contributed by atoms with van der Waals surface area (Å²) in [5.74, 6) is 1.55. The number of anilines is 1. The molecular weight excluding hydrogens is 258 g/mol. The molecule has 1 unspecified atom stereocenters. The van der Waals surface area contributed by atoms with Gasteiger partial charge in [0, 0.05) is 25.2 Å². The maximum atomic E-state index is 5.23. The fraction of sp³-hybridized carbons (Fsp3) is 0.368. The molecule has 2 aromatic carbocycles. The lowest BCUT2D eigenvalue weighted by atomic mass is 9.82. The predicted octanol–water partition coefficient (Wildman–Crippen LogP) is 4.25. The second-order valence-corrected chi connectivity index (χ2v) is 5.87. The van der Waals surface area contributed by atoms with E-state index < -0.39 is 0 Å². The van der Waals surface area contributed by atoms with Gasteiger partial charge in [-0.15, -0.1) is 0 Å². The van der Waals surface area contributed by atoms with Crippen molar-refractivity contribution in [2.24, 2.45) is 0 Å². The fourth-order valence-electron chi connectivity index (χ4n) is 3.32. The topological polar surface area (TPSA) is 12.5 Å². The number of aryl methyl sites for hydroxylation is 1. The minimum absolute atomic E-state index is 0.641. The molecule has 0 saturated heterocycles. The number of benzene rings is 2. The molecule has 0 aromatic heterocycles. The molecule has 0 bridgehead atoms. The maximum absolute atomic E-state index is 5.23. The molecule has 0 aliphatic heterocycles. The third-order valence-electron chi connectivity index (χ3n) is 4.50. The highest BCUT2D eigenvalue weighted by atomic mass is 16.5. The Morgan fingerprint density at radius 3 is 2.62 bits per heavy atom. The molecule has 0 N–H and O–H groups in total. The van der Waals surface area contributed by atoms with Gasteiger partial charge in [-0.25, -0.2) is 0 Å². The number of nitrogens with zero attached hydrogens (tertiary/aromatic N) is 1. The molecule has 1 aliphatic carbocycles. The van der Waals surface area contributed by atoms with E-state index >= 15 is 0 Å². The van der Waals surface area contributed by atoms with Crippen molar-refractivity contribution in [1.82, 2.24) is 0 Å². The van der Waals surface area contributed by atoms with Crippen LogP contribution in [0.5, 0.6) is 5.75 Å². The van der Waals surface area contributed by atoms with Gasteiger partial charge in [0.25, 0.3) is 0 Å². The SMILES string of the molecule is COc1ccc(N(C)CC2CCCc3ccccc32)cc1. The zero-order valence-corrected chi connectivity index (χ0v) is 12.9. The Hall–Kier alpha value is -1.96. The molecule has 2 heteroatoms. The second-order valence-electron chi connectivity index (χ2n) is 5.87. The molecule has 0 radical (unpaired) electrons. The van der Waals surface area contributed by atoms with Crippen LogP contribution in [0, 0.1) is 0 Å². The minimum atomic E-state index is 0.641. The molecule has 0 saturated carbocycles. The van der Waals surface area contributed by atoms with Gasteiger partial charge in [0.2, 0.25) is 0 Å². The van der Waals surface area contributed by atoms with E-state index in [0.717, 1.165) is 12.3 Å². The van der Waals surface area contributed by atoms with E-state index in [1.165, 1.54) is 30.5 Å². The average molecular weight is 281 g/mol. The molecular formula is C19H23NO. The standard InChI is InChI=1S/C19H23NO/c1-20(17-10-12-18(21-2)13-11-17)14-16-8-5-7-15-6-3-4-9-19(15)16/h3-4,6,9-13,16H,5,7-8,14H2,1-2H3. The highest BCUT2D eigenvalue weighted by Gasteiger charge is 2.21. The second kappa shape index (κ2) is 6.21. The first-order valence-electron chi connectivity index (χ1n) is 7.71. The predicted molar refractivity (Wildman–Crippen MR) is 88.4 cm³/mol. The average Bonchev–Trinajstić information content (AvgIpc) is 2.55. The van der Waals surface area contributed by atoms with Gasteiger partial charge in [0.15, 0.2) is 0 Å². The minimum Gasteiger partial charge on any atom is -0.497 e. The van der Waals surface area contributed by atoms with Gasteiger partial charge in [0.1, 0.15) is 5.75 Å². The van der Waals surface area contributed by atoms with Crippen molar-refractivity contribution in [2.75, 3.05) is 25.6 Å². The van der Waals surface area contributed by atoms with Crippen LogP contribution < -0.4 is 9.64 Å². The molecule has 1 aliphatic rings. The van der Waals surface area contributed by atoms with Crippen molar-refractivity contribution < 1.29 is 4.74 Å². The number of hydrogen-bond donors (Lipinski definition) is 0. The van der Waals surface area contributed by atoms with Crippen LogP contribution in [0.1, 0.15) is 29.9 Å².